The summed E-state index contributed by atoms with van der Waals surface area (Å²) in [5.74, 6) is 0.973. The number of carbonyl (C=O) groups is 2. The van der Waals surface area contributed by atoms with E-state index in [0.717, 1.165) is 6.42 Å². The molecule has 90 valence electrons. The van der Waals surface area contributed by atoms with Gasteiger partial charge < -0.3 is 9.64 Å². The molecule has 0 aromatic heterocycles. The maximum absolute atomic E-state index is 11.8. The van der Waals surface area contributed by atoms with E-state index in [2.05, 4.69) is 0 Å². The number of fused-ring (bicyclic) bond motifs is 1. The molecule has 2 fully saturated rings. The Hall–Kier alpha value is -1.06. The van der Waals surface area contributed by atoms with Crippen molar-refractivity contribution in [1.82, 2.24) is 4.90 Å². The lowest BCUT2D eigenvalue weighted by atomic mass is 9.68. The zero-order valence-corrected chi connectivity index (χ0v) is 10.2. The van der Waals surface area contributed by atoms with Gasteiger partial charge in [-0.25, -0.2) is 4.79 Å². The summed E-state index contributed by atoms with van der Waals surface area (Å²) >= 11 is 0. The van der Waals surface area contributed by atoms with Gasteiger partial charge in [-0.1, -0.05) is 0 Å². The van der Waals surface area contributed by atoms with Gasteiger partial charge in [0.05, 0.1) is 0 Å². The van der Waals surface area contributed by atoms with Crippen LogP contribution in [-0.2, 0) is 9.53 Å². The van der Waals surface area contributed by atoms with Gasteiger partial charge in [-0.3, -0.25) is 4.79 Å². The highest BCUT2D eigenvalue weighted by atomic mass is 16.6. The van der Waals surface area contributed by atoms with E-state index >= 15 is 0 Å². The van der Waals surface area contributed by atoms with Gasteiger partial charge in [0.15, 0.2) is 0 Å². The highest BCUT2D eigenvalue weighted by Crippen LogP contribution is 2.37. The van der Waals surface area contributed by atoms with Crippen LogP contribution in [0.3, 0.4) is 0 Å². The van der Waals surface area contributed by atoms with Gasteiger partial charge in [-0.2, -0.15) is 0 Å². The third kappa shape index (κ3) is 2.20. The summed E-state index contributed by atoms with van der Waals surface area (Å²) in [6.45, 7) is 6.94. The van der Waals surface area contributed by atoms with Crippen LogP contribution in [0.25, 0.3) is 0 Å². The van der Waals surface area contributed by atoms with Crippen LogP contribution in [0.1, 0.15) is 33.6 Å². The predicted molar refractivity (Wildman–Crippen MR) is 59.0 cm³/mol. The normalized spacial score (nSPS) is 29.4. The molecule has 0 radical (unpaired) electrons. The Morgan fingerprint density at radius 2 is 2.12 bits per heavy atom. The average molecular weight is 225 g/mol. The van der Waals surface area contributed by atoms with Crippen LogP contribution in [0, 0.1) is 11.8 Å². The molecule has 0 bridgehead atoms. The molecule has 1 saturated carbocycles. The molecule has 1 aliphatic carbocycles. The van der Waals surface area contributed by atoms with Crippen molar-refractivity contribution in [2.45, 2.75) is 39.2 Å². The van der Waals surface area contributed by atoms with E-state index in [-0.39, 0.29) is 12.0 Å². The quantitative estimate of drug-likeness (QED) is 0.632. The molecule has 0 N–H and O–H groups in total. The summed E-state index contributed by atoms with van der Waals surface area (Å²) in [5, 5.41) is 0. The molecular weight excluding hydrogens is 206 g/mol. The van der Waals surface area contributed by atoms with Crippen molar-refractivity contribution >= 4 is 11.9 Å². The zero-order valence-electron chi connectivity index (χ0n) is 10.2. The first kappa shape index (κ1) is 11.4. The highest BCUT2D eigenvalue weighted by Gasteiger charge is 2.44. The van der Waals surface area contributed by atoms with Crippen molar-refractivity contribution in [2.75, 3.05) is 13.1 Å². The van der Waals surface area contributed by atoms with E-state index in [1.165, 1.54) is 0 Å². The molecule has 0 aromatic carbocycles. The van der Waals surface area contributed by atoms with E-state index in [0.29, 0.717) is 31.2 Å². The van der Waals surface area contributed by atoms with Gasteiger partial charge >= 0.3 is 6.09 Å². The van der Waals surface area contributed by atoms with Gasteiger partial charge in [0, 0.05) is 25.4 Å². The number of hydrogen-bond acceptors (Lipinski definition) is 3. The minimum atomic E-state index is -0.441. The van der Waals surface area contributed by atoms with Gasteiger partial charge in [0.2, 0.25) is 0 Å². The number of rotatable bonds is 0. The van der Waals surface area contributed by atoms with Crippen LogP contribution in [0.5, 0.6) is 0 Å². The standard InChI is InChI=1S/C12H19NO3/c1-12(2,3)16-11(15)13-5-4-9-8(7-13)6-10(9)14/h8-9H,4-7H2,1-3H3/t8-,9-/m0/s1. The second-order valence-corrected chi connectivity index (χ2v) is 5.75. The Kier molecular flexibility index (Phi) is 2.68. The summed E-state index contributed by atoms with van der Waals surface area (Å²) in [4.78, 5) is 24.8. The van der Waals surface area contributed by atoms with Crippen LogP contribution in [-0.4, -0.2) is 35.5 Å². The molecule has 2 aliphatic rings. The number of ketones is 1. The molecule has 1 amide bonds. The number of amides is 1. The molecule has 1 saturated heterocycles. The lowest BCUT2D eigenvalue weighted by Gasteiger charge is -2.43. The van der Waals surface area contributed by atoms with E-state index in [1.54, 1.807) is 4.90 Å². The third-order valence-electron chi connectivity index (χ3n) is 3.26. The van der Waals surface area contributed by atoms with Crippen molar-refractivity contribution in [1.29, 1.82) is 0 Å². The first-order valence-corrected chi connectivity index (χ1v) is 5.87. The Balaban J connectivity index is 1.88. The fourth-order valence-corrected chi connectivity index (χ4v) is 2.40. The fourth-order valence-electron chi connectivity index (χ4n) is 2.40. The van der Waals surface area contributed by atoms with Crippen LogP contribution < -0.4 is 0 Å². The van der Waals surface area contributed by atoms with E-state index < -0.39 is 5.60 Å². The summed E-state index contributed by atoms with van der Waals surface area (Å²) in [6, 6.07) is 0. The minimum Gasteiger partial charge on any atom is -0.444 e. The summed E-state index contributed by atoms with van der Waals surface area (Å²) in [7, 11) is 0. The van der Waals surface area contributed by atoms with Crippen molar-refractivity contribution < 1.29 is 14.3 Å². The molecule has 2 atom stereocenters. The largest absolute Gasteiger partial charge is 0.444 e. The van der Waals surface area contributed by atoms with Gasteiger partial charge in [-0.05, 0) is 33.1 Å². The number of hydrogen-bond donors (Lipinski definition) is 0. The second kappa shape index (κ2) is 3.75. The molecule has 1 heterocycles. The Labute approximate surface area is 95.9 Å². The highest BCUT2D eigenvalue weighted by molar-refractivity contribution is 5.88. The summed E-state index contributed by atoms with van der Waals surface area (Å²) in [5.41, 5.74) is -0.441. The van der Waals surface area contributed by atoms with Crippen LogP contribution >= 0.6 is 0 Å². The van der Waals surface area contributed by atoms with Crippen molar-refractivity contribution in [2.24, 2.45) is 11.8 Å². The second-order valence-electron chi connectivity index (χ2n) is 5.75. The Bertz CT molecular complexity index is 319. The Morgan fingerprint density at radius 1 is 1.44 bits per heavy atom. The molecule has 4 heteroatoms. The summed E-state index contributed by atoms with van der Waals surface area (Å²) in [6.07, 6.45) is 1.21. The molecule has 16 heavy (non-hydrogen) atoms. The monoisotopic (exact) mass is 225 g/mol. The van der Waals surface area contributed by atoms with Crippen LogP contribution in [0.2, 0.25) is 0 Å². The van der Waals surface area contributed by atoms with E-state index in [4.69, 9.17) is 4.74 Å². The zero-order chi connectivity index (χ0) is 11.9. The summed E-state index contributed by atoms with van der Waals surface area (Å²) < 4.78 is 5.31. The first-order valence-electron chi connectivity index (χ1n) is 5.87. The molecule has 0 aromatic rings. The number of nitrogens with zero attached hydrogens (tertiary/aromatic N) is 1. The SMILES string of the molecule is CC(C)(C)OC(=O)N1CC[C@@H]2C(=O)C[C@H]2C1. The fraction of sp³-hybridized carbons (Fsp3) is 0.833. The lowest BCUT2D eigenvalue weighted by molar-refractivity contribution is -0.138. The van der Waals surface area contributed by atoms with Crippen molar-refractivity contribution in [3.05, 3.63) is 0 Å². The number of carbonyl (C=O) groups excluding carboxylic acids is 2. The number of ether oxygens (including phenoxy) is 1. The molecule has 1 aliphatic heterocycles. The lowest BCUT2D eigenvalue weighted by Crippen LogP contribution is -2.53. The van der Waals surface area contributed by atoms with Crippen LogP contribution in [0.4, 0.5) is 4.79 Å². The van der Waals surface area contributed by atoms with Crippen LogP contribution in [0.15, 0.2) is 0 Å². The molecule has 2 rings (SSSR count). The molecule has 0 spiro atoms. The molecule has 0 unspecified atom stereocenters. The molecular formula is C12H19NO3. The maximum Gasteiger partial charge on any atom is 0.410 e. The number of Topliss-reactive ketones (excluding diaryl/α,β-unsaturated/α-hetero) is 1. The number of piperidine rings is 1. The van der Waals surface area contributed by atoms with Gasteiger partial charge in [-0.15, -0.1) is 0 Å². The smallest absolute Gasteiger partial charge is 0.410 e. The van der Waals surface area contributed by atoms with Gasteiger partial charge in [0.1, 0.15) is 11.4 Å². The Morgan fingerprint density at radius 3 is 2.62 bits per heavy atom. The predicted octanol–water partition coefficient (Wildman–Crippen LogP) is 1.83. The molecule has 4 nitrogen and oxygen atoms in total. The number of likely N-dealkylation sites (tertiary alicyclic amines) is 1. The minimum absolute atomic E-state index is 0.221. The third-order valence-corrected chi connectivity index (χ3v) is 3.26. The van der Waals surface area contributed by atoms with E-state index in [1.807, 2.05) is 20.8 Å². The van der Waals surface area contributed by atoms with E-state index in [9.17, 15) is 9.59 Å². The first-order chi connectivity index (χ1) is 7.37. The maximum atomic E-state index is 11.8. The average Bonchev–Trinajstić information content (AvgIpc) is 2.12. The van der Waals surface area contributed by atoms with Gasteiger partial charge in [0.25, 0.3) is 0 Å². The topological polar surface area (TPSA) is 46.6 Å². The van der Waals surface area contributed by atoms with Crippen molar-refractivity contribution in [3.8, 4) is 0 Å². The van der Waals surface area contributed by atoms with Crippen molar-refractivity contribution in [3.63, 3.8) is 0 Å².